The predicted molar refractivity (Wildman–Crippen MR) is 60.5 cm³/mol. The summed E-state index contributed by atoms with van der Waals surface area (Å²) in [6, 6.07) is 0. The van der Waals surface area contributed by atoms with Gasteiger partial charge in [0.1, 0.15) is 12.7 Å². The molecule has 1 rings (SSSR count). The summed E-state index contributed by atoms with van der Waals surface area (Å²) in [6.07, 6.45) is 3.66. The fraction of sp³-hybridized carbons (Fsp3) is 0.909. The molecule has 0 saturated heterocycles. The van der Waals surface area contributed by atoms with Crippen molar-refractivity contribution < 1.29 is 19.4 Å². The number of aliphatic hydroxyl groups excluding tert-OH is 1. The Kier molecular flexibility index (Phi) is 5.52. The molecular formula is C11H19ClO4. The van der Waals surface area contributed by atoms with Gasteiger partial charge >= 0.3 is 5.97 Å². The Labute approximate surface area is 101 Å². The largest absolute Gasteiger partial charge is 0.461 e. The first-order chi connectivity index (χ1) is 7.64. The second-order valence-corrected chi connectivity index (χ2v) is 4.47. The average Bonchev–Trinajstić information content (AvgIpc) is 2.36. The Morgan fingerprint density at radius 2 is 2.06 bits per heavy atom. The quantitative estimate of drug-likeness (QED) is 0.593. The molecule has 0 aliphatic heterocycles. The third-order valence-electron chi connectivity index (χ3n) is 3.01. The molecule has 1 atom stereocenters. The molecule has 1 saturated carbocycles. The van der Waals surface area contributed by atoms with Gasteiger partial charge in [-0.2, -0.15) is 0 Å². The summed E-state index contributed by atoms with van der Waals surface area (Å²) in [5.41, 5.74) is -0.801. The van der Waals surface area contributed by atoms with Crippen LogP contribution < -0.4 is 0 Å². The first-order valence-electron chi connectivity index (χ1n) is 5.61. The number of aliphatic hydroxyl groups is 1. The third-order valence-corrected chi connectivity index (χ3v) is 3.37. The Bertz CT molecular complexity index is 226. The first kappa shape index (κ1) is 13.7. The number of alkyl halides is 1. The lowest BCUT2D eigenvalue weighted by molar-refractivity contribution is -0.175. The van der Waals surface area contributed by atoms with E-state index in [4.69, 9.17) is 21.1 Å². The van der Waals surface area contributed by atoms with Crippen molar-refractivity contribution in [1.82, 2.24) is 0 Å². The number of halogens is 1. The maximum atomic E-state index is 11.9. The minimum absolute atomic E-state index is 0.0621. The Balaban J connectivity index is 2.48. The molecule has 4 nitrogen and oxygen atoms in total. The number of hydrogen-bond acceptors (Lipinski definition) is 4. The average molecular weight is 251 g/mol. The zero-order valence-electron chi connectivity index (χ0n) is 9.58. The van der Waals surface area contributed by atoms with Gasteiger partial charge < -0.3 is 14.6 Å². The van der Waals surface area contributed by atoms with E-state index in [9.17, 15) is 9.90 Å². The predicted octanol–water partition coefficient (Wildman–Crippen LogP) is 1.48. The molecule has 0 spiro atoms. The number of methoxy groups -OCH3 is 1. The van der Waals surface area contributed by atoms with E-state index in [-0.39, 0.29) is 18.5 Å². The highest BCUT2D eigenvalue weighted by Gasteiger charge is 2.41. The van der Waals surface area contributed by atoms with Gasteiger partial charge in [0.2, 0.25) is 0 Å². The molecule has 1 aliphatic carbocycles. The SMILES string of the molecule is COC1(C(=O)OC[C@H](O)CCl)CCCCC1. The normalized spacial score (nSPS) is 21.4. The van der Waals surface area contributed by atoms with E-state index in [1.54, 1.807) is 0 Å². The summed E-state index contributed by atoms with van der Waals surface area (Å²) in [4.78, 5) is 11.9. The number of ether oxygens (including phenoxy) is 2. The van der Waals surface area contributed by atoms with Gasteiger partial charge in [0.25, 0.3) is 0 Å². The van der Waals surface area contributed by atoms with Crippen LogP contribution in [0.5, 0.6) is 0 Å². The molecule has 0 aromatic heterocycles. The van der Waals surface area contributed by atoms with Crippen LogP contribution in [0.1, 0.15) is 32.1 Å². The van der Waals surface area contributed by atoms with E-state index < -0.39 is 11.7 Å². The molecular weight excluding hydrogens is 232 g/mol. The monoisotopic (exact) mass is 250 g/mol. The van der Waals surface area contributed by atoms with E-state index in [1.807, 2.05) is 0 Å². The van der Waals surface area contributed by atoms with Crippen molar-refractivity contribution in [3.8, 4) is 0 Å². The Morgan fingerprint density at radius 3 is 2.56 bits per heavy atom. The minimum Gasteiger partial charge on any atom is -0.461 e. The lowest BCUT2D eigenvalue weighted by Crippen LogP contribution is -2.44. The van der Waals surface area contributed by atoms with Gasteiger partial charge in [0.15, 0.2) is 5.60 Å². The van der Waals surface area contributed by atoms with Crippen LogP contribution in [0.3, 0.4) is 0 Å². The second-order valence-electron chi connectivity index (χ2n) is 4.17. The van der Waals surface area contributed by atoms with Crippen molar-refractivity contribution in [1.29, 1.82) is 0 Å². The number of carbonyl (C=O) groups excluding carboxylic acids is 1. The summed E-state index contributed by atoms with van der Waals surface area (Å²) in [5, 5.41) is 9.21. The van der Waals surface area contributed by atoms with Crippen LogP contribution in [0.25, 0.3) is 0 Å². The number of carbonyl (C=O) groups is 1. The molecule has 1 fully saturated rings. The topological polar surface area (TPSA) is 55.8 Å². The van der Waals surface area contributed by atoms with E-state index in [0.29, 0.717) is 12.8 Å². The van der Waals surface area contributed by atoms with Crippen LogP contribution in [-0.2, 0) is 14.3 Å². The van der Waals surface area contributed by atoms with Crippen LogP contribution in [0.4, 0.5) is 0 Å². The van der Waals surface area contributed by atoms with Crippen molar-refractivity contribution in [2.24, 2.45) is 0 Å². The summed E-state index contributed by atoms with van der Waals surface area (Å²) in [7, 11) is 1.53. The van der Waals surface area contributed by atoms with Crippen LogP contribution in [-0.4, -0.2) is 42.4 Å². The van der Waals surface area contributed by atoms with Crippen molar-refractivity contribution >= 4 is 17.6 Å². The Hall–Kier alpha value is -0.320. The second kappa shape index (κ2) is 6.42. The smallest absolute Gasteiger partial charge is 0.338 e. The van der Waals surface area contributed by atoms with Gasteiger partial charge in [-0.25, -0.2) is 4.79 Å². The maximum Gasteiger partial charge on any atom is 0.338 e. The highest BCUT2D eigenvalue weighted by Crippen LogP contribution is 2.32. The van der Waals surface area contributed by atoms with Gasteiger partial charge in [-0.3, -0.25) is 0 Å². The van der Waals surface area contributed by atoms with Gasteiger partial charge in [-0.15, -0.1) is 11.6 Å². The van der Waals surface area contributed by atoms with Gasteiger partial charge in [0.05, 0.1) is 5.88 Å². The fourth-order valence-electron chi connectivity index (χ4n) is 1.96. The third kappa shape index (κ3) is 3.34. The molecule has 1 N–H and O–H groups in total. The van der Waals surface area contributed by atoms with Crippen LogP contribution in [0.2, 0.25) is 0 Å². The van der Waals surface area contributed by atoms with Crippen molar-refractivity contribution in [2.75, 3.05) is 19.6 Å². The lowest BCUT2D eigenvalue weighted by atomic mass is 9.84. The molecule has 0 bridgehead atoms. The molecule has 5 heteroatoms. The molecule has 0 amide bonds. The molecule has 0 aromatic rings. The zero-order chi connectivity index (χ0) is 12.0. The van der Waals surface area contributed by atoms with E-state index in [2.05, 4.69) is 0 Å². The highest BCUT2D eigenvalue weighted by molar-refractivity contribution is 6.18. The van der Waals surface area contributed by atoms with Crippen LogP contribution in [0, 0.1) is 0 Å². The summed E-state index contributed by atoms with van der Waals surface area (Å²) in [6.45, 7) is -0.0621. The van der Waals surface area contributed by atoms with Crippen LogP contribution in [0.15, 0.2) is 0 Å². The van der Waals surface area contributed by atoms with Crippen molar-refractivity contribution in [3.63, 3.8) is 0 Å². The highest BCUT2D eigenvalue weighted by atomic mass is 35.5. The van der Waals surface area contributed by atoms with E-state index in [0.717, 1.165) is 19.3 Å². The van der Waals surface area contributed by atoms with Crippen LogP contribution >= 0.6 is 11.6 Å². The molecule has 1 aliphatic rings. The zero-order valence-corrected chi connectivity index (χ0v) is 10.3. The number of esters is 1. The number of hydrogen-bond donors (Lipinski definition) is 1. The standard InChI is InChI=1S/C11H19ClO4/c1-15-11(5-3-2-4-6-11)10(14)16-8-9(13)7-12/h9,13H,2-8H2,1H3/t9-/m1/s1. The summed E-state index contributed by atoms with van der Waals surface area (Å²) < 4.78 is 10.3. The molecule has 0 heterocycles. The van der Waals surface area contributed by atoms with E-state index in [1.165, 1.54) is 7.11 Å². The minimum atomic E-state index is -0.803. The molecule has 94 valence electrons. The lowest BCUT2D eigenvalue weighted by Gasteiger charge is -2.33. The summed E-state index contributed by atoms with van der Waals surface area (Å²) in [5.74, 6) is -0.313. The molecule has 0 unspecified atom stereocenters. The molecule has 16 heavy (non-hydrogen) atoms. The number of rotatable bonds is 5. The van der Waals surface area contributed by atoms with Crippen molar-refractivity contribution in [3.05, 3.63) is 0 Å². The van der Waals surface area contributed by atoms with Crippen molar-refractivity contribution in [2.45, 2.75) is 43.8 Å². The molecule has 0 radical (unpaired) electrons. The van der Waals surface area contributed by atoms with Gasteiger partial charge in [-0.05, 0) is 25.7 Å². The van der Waals surface area contributed by atoms with Gasteiger partial charge in [0, 0.05) is 7.11 Å². The first-order valence-corrected chi connectivity index (χ1v) is 6.14. The maximum absolute atomic E-state index is 11.9. The Morgan fingerprint density at radius 1 is 1.44 bits per heavy atom. The molecule has 0 aromatic carbocycles. The summed E-state index contributed by atoms with van der Waals surface area (Å²) >= 11 is 5.42. The van der Waals surface area contributed by atoms with E-state index >= 15 is 0 Å². The fourth-order valence-corrected chi connectivity index (χ4v) is 2.05. The van der Waals surface area contributed by atoms with Gasteiger partial charge in [-0.1, -0.05) is 6.42 Å².